The third-order valence-electron chi connectivity index (χ3n) is 5.42. The highest BCUT2D eigenvalue weighted by molar-refractivity contribution is 5.71. The molecule has 1 heterocycles. The summed E-state index contributed by atoms with van der Waals surface area (Å²) in [6.45, 7) is 14.6. The molecule has 0 fully saturated rings. The number of phenolic OH excluding ortho intramolecular Hbond substituents is 1. The van der Waals surface area contributed by atoms with E-state index in [0.717, 1.165) is 53.7 Å². The van der Waals surface area contributed by atoms with E-state index >= 15 is 0 Å². The molecule has 0 aliphatic carbocycles. The van der Waals surface area contributed by atoms with Crippen LogP contribution in [0.15, 0.2) is 29.4 Å². The second-order valence-corrected chi connectivity index (χ2v) is 8.12. The maximum atomic E-state index is 10.3. The lowest BCUT2D eigenvalue weighted by Crippen LogP contribution is -2.32. The van der Waals surface area contributed by atoms with E-state index in [2.05, 4.69) is 52.0 Å². The van der Waals surface area contributed by atoms with E-state index in [4.69, 9.17) is 4.74 Å². The Morgan fingerprint density at radius 2 is 1.73 bits per heavy atom. The summed E-state index contributed by atoms with van der Waals surface area (Å²) in [5, 5.41) is 10.3. The Morgan fingerprint density at radius 1 is 1.04 bits per heavy atom. The van der Waals surface area contributed by atoms with Crippen molar-refractivity contribution in [2.75, 3.05) is 0 Å². The molecule has 0 bridgehead atoms. The quantitative estimate of drug-likeness (QED) is 0.560. The summed E-state index contributed by atoms with van der Waals surface area (Å²) in [6.07, 6.45) is 13.1. The van der Waals surface area contributed by atoms with Gasteiger partial charge in [-0.1, -0.05) is 29.4 Å². The number of rotatable bonds is 6. The smallest absolute Gasteiger partial charge is 0.131 e. The molecular formula is C24H34O2. The fourth-order valence-corrected chi connectivity index (χ4v) is 3.42. The third kappa shape index (κ3) is 4.60. The number of fused-ring (bicyclic) bond motifs is 1. The van der Waals surface area contributed by atoms with Crippen LogP contribution in [0.5, 0.6) is 11.5 Å². The molecule has 0 amide bonds. The highest BCUT2D eigenvalue weighted by atomic mass is 16.5. The van der Waals surface area contributed by atoms with Gasteiger partial charge in [0.2, 0.25) is 0 Å². The maximum Gasteiger partial charge on any atom is 0.131 e. The van der Waals surface area contributed by atoms with Crippen molar-refractivity contribution in [2.45, 2.75) is 79.8 Å². The average Bonchev–Trinajstić information content (AvgIpc) is 2.57. The second-order valence-electron chi connectivity index (χ2n) is 8.12. The predicted octanol–water partition coefficient (Wildman–Crippen LogP) is 6.95. The van der Waals surface area contributed by atoms with Gasteiger partial charge in [-0.25, -0.2) is 0 Å². The van der Waals surface area contributed by atoms with E-state index < -0.39 is 0 Å². The molecule has 2 rings (SSSR count). The van der Waals surface area contributed by atoms with Crippen molar-refractivity contribution in [3.05, 3.63) is 51.6 Å². The van der Waals surface area contributed by atoms with Gasteiger partial charge in [-0.2, -0.15) is 0 Å². The highest BCUT2D eigenvalue weighted by Gasteiger charge is 2.30. The van der Waals surface area contributed by atoms with Crippen molar-refractivity contribution in [3.63, 3.8) is 0 Å². The molecule has 0 saturated carbocycles. The average molecular weight is 355 g/mol. The zero-order valence-electron chi connectivity index (χ0n) is 17.5. The van der Waals surface area contributed by atoms with Crippen LogP contribution in [-0.4, -0.2) is 10.7 Å². The fourth-order valence-electron chi connectivity index (χ4n) is 3.42. The van der Waals surface area contributed by atoms with E-state index in [-0.39, 0.29) is 5.60 Å². The van der Waals surface area contributed by atoms with Gasteiger partial charge in [-0.3, -0.25) is 0 Å². The van der Waals surface area contributed by atoms with Gasteiger partial charge in [-0.05, 0) is 91.4 Å². The molecule has 1 unspecified atom stereocenters. The van der Waals surface area contributed by atoms with Gasteiger partial charge in [0.15, 0.2) is 0 Å². The minimum Gasteiger partial charge on any atom is -0.507 e. The zero-order chi connectivity index (χ0) is 19.5. The van der Waals surface area contributed by atoms with Crippen molar-refractivity contribution < 1.29 is 9.84 Å². The highest BCUT2D eigenvalue weighted by Crippen LogP contribution is 2.43. The molecule has 1 aliphatic rings. The minimum atomic E-state index is -0.301. The maximum absolute atomic E-state index is 10.3. The van der Waals surface area contributed by atoms with Crippen LogP contribution in [-0.2, 0) is 0 Å². The Labute approximate surface area is 159 Å². The summed E-state index contributed by atoms with van der Waals surface area (Å²) < 4.78 is 6.42. The Hall–Kier alpha value is -1.96. The Bertz CT molecular complexity index is 761. The predicted molar refractivity (Wildman–Crippen MR) is 112 cm³/mol. The van der Waals surface area contributed by atoms with Crippen molar-refractivity contribution in [2.24, 2.45) is 0 Å². The van der Waals surface area contributed by atoms with Gasteiger partial charge in [0.25, 0.3) is 0 Å². The van der Waals surface area contributed by atoms with Gasteiger partial charge in [0, 0.05) is 11.1 Å². The van der Waals surface area contributed by atoms with Crippen molar-refractivity contribution >= 4 is 6.08 Å². The number of hydrogen-bond acceptors (Lipinski definition) is 2. The molecule has 26 heavy (non-hydrogen) atoms. The van der Waals surface area contributed by atoms with Crippen molar-refractivity contribution in [3.8, 4) is 11.5 Å². The molecule has 1 N–H and O–H groups in total. The van der Waals surface area contributed by atoms with Crippen LogP contribution in [0.2, 0.25) is 0 Å². The van der Waals surface area contributed by atoms with E-state index in [1.165, 1.54) is 11.1 Å². The van der Waals surface area contributed by atoms with Gasteiger partial charge in [-0.15, -0.1) is 0 Å². The van der Waals surface area contributed by atoms with E-state index in [9.17, 15) is 5.11 Å². The summed E-state index contributed by atoms with van der Waals surface area (Å²) in [5.41, 5.74) is 6.38. The first-order valence-electron chi connectivity index (χ1n) is 9.64. The molecule has 0 saturated heterocycles. The summed E-state index contributed by atoms with van der Waals surface area (Å²) in [6, 6.07) is 0. The second kappa shape index (κ2) is 8.16. The summed E-state index contributed by atoms with van der Waals surface area (Å²) in [4.78, 5) is 0. The molecule has 0 spiro atoms. The number of phenols is 1. The zero-order valence-corrected chi connectivity index (χ0v) is 17.5. The van der Waals surface area contributed by atoms with Crippen LogP contribution < -0.4 is 4.74 Å². The van der Waals surface area contributed by atoms with E-state index in [0.29, 0.717) is 5.75 Å². The molecule has 0 aromatic heterocycles. The van der Waals surface area contributed by atoms with Crippen LogP contribution in [0, 0.1) is 20.8 Å². The summed E-state index contributed by atoms with van der Waals surface area (Å²) in [5.74, 6) is 1.31. The molecule has 142 valence electrons. The first-order chi connectivity index (χ1) is 12.1. The van der Waals surface area contributed by atoms with Gasteiger partial charge in [0.05, 0.1) is 0 Å². The van der Waals surface area contributed by atoms with Crippen LogP contribution in [0.1, 0.15) is 75.6 Å². The number of benzene rings is 1. The van der Waals surface area contributed by atoms with Crippen LogP contribution in [0.25, 0.3) is 6.08 Å². The molecule has 2 nitrogen and oxygen atoms in total. The van der Waals surface area contributed by atoms with Crippen molar-refractivity contribution in [1.82, 2.24) is 0 Å². The Balaban J connectivity index is 2.07. The molecule has 1 aromatic carbocycles. The Morgan fingerprint density at radius 3 is 2.38 bits per heavy atom. The normalized spacial score (nSPS) is 19.1. The Kier molecular flexibility index (Phi) is 6.39. The lowest BCUT2D eigenvalue weighted by Gasteiger charge is -2.34. The lowest BCUT2D eigenvalue weighted by molar-refractivity contribution is 0.127. The number of ether oxygens (including phenoxy) is 1. The van der Waals surface area contributed by atoms with Gasteiger partial charge >= 0.3 is 0 Å². The van der Waals surface area contributed by atoms with Crippen LogP contribution in [0.4, 0.5) is 0 Å². The summed E-state index contributed by atoms with van der Waals surface area (Å²) in [7, 11) is 0. The van der Waals surface area contributed by atoms with E-state index in [1.807, 2.05) is 20.8 Å². The van der Waals surface area contributed by atoms with Gasteiger partial charge < -0.3 is 9.84 Å². The molecule has 1 aromatic rings. The summed E-state index contributed by atoms with van der Waals surface area (Å²) >= 11 is 0. The molecule has 0 radical (unpaired) electrons. The first-order valence-corrected chi connectivity index (χ1v) is 9.64. The minimum absolute atomic E-state index is 0.301. The molecule has 1 atom stereocenters. The molecule has 2 heteroatoms. The number of hydrogen-bond donors (Lipinski definition) is 1. The molecule has 1 aliphatic heterocycles. The monoisotopic (exact) mass is 354 g/mol. The van der Waals surface area contributed by atoms with Crippen LogP contribution >= 0.6 is 0 Å². The largest absolute Gasteiger partial charge is 0.507 e. The first kappa shape index (κ1) is 20.4. The lowest BCUT2D eigenvalue weighted by atomic mass is 9.90. The van der Waals surface area contributed by atoms with Crippen molar-refractivity contribution in [1.29, 1.82) is 0 Å². The molecular weight excluding hydrogens is 320 g/mol. The number of aromatic hydroxyl groups is 1. The standard InChI is InChI=1S/C24H34O2/c1-16(2)10-8-11-17(3)12-9-14-24(7)15-13-21-20(6)22(25)18(4)19(5)23(21)26-24/h10,12-13,15,25H,8-9,11,14H2,1-7H3. The third-order valence-corrected chi connectivity index (χ3v) is 5.42. The van der Waals surface area contributed by atoms with Gasteiger partial charge in [0.1, 0.15) is 17.1 Å². The topological polar surface area (TPSA) is 29.5 Å². The SMILES string of the molecule is CC(C)=CCCC(C)=CCCC1(C)C=Cc2c(C)c(O)c(C)c(C)c2O1. The fraction of sp³-hybridized carbons (Fsp3) is 0.500. The van der Waals surface area contributed by atoms with E-state index in [1.54, 1.807) is 0 Å². The number of allylic oxidation sites excluding steroid dienone is 4. The van der Waals surface area contributed by atoms with Crippen LogP contribution in [0.3, 0.4) is 0 Å².